The maximum absolute atomic E-state index is 11.6. The van der Waals surface area contributed by atoms with Crippen LogP contribution in [0, 0.1) is 13.8 Å². The molecule has 0 fully saturated rings. The van der Waals surface area contributed by atoms with Crippen LogP contribution >= 0.6 is 11.6 Å². The van der Waals surface area contributed by atoms with Gasteiger partial charge in [0.05, 0.1) is 10.7 Å². The molecule has 0 atom stereocenters. The van der Waals surface area contributed by atoms with Crippen LogP contribution in [0.2, 0.25) is 5.02 Å². The molecule has 2 amide bonds. The van der Waals surface area contributed by atoms with Crippen LogP contribution in [0.5, 0.6) is 5.75 Å². The second kappa shape index (κ2) is 7.35. The third kappa shape index (κ3) is 3.94. The molecule has 0 saturated heterocycles. The Morgan fingerprint density at radius 3 is 2.70 bits per heavy atom. The summed E-state index contributed by atoms with van der Waals surface area (Å²) in [5, 5.41) is 13.1. The number of ether oxygens (including phenoxy) is 1. The molecule has 122 valence electrons. The Labute approximate surface area is 140 Å². The first-order valence-electron chi connectivity index (χ1n) is 7.12. The molecule has 2 N–H and O–H groups in total. The lowest BCUT2D eigenvalue weighted by Gasteiger charge is -2.20. The van der Waals surface area contributed by atoms with Gasteiger partial charge in [-0.05, 0) is 31.5 Å². The topological polar surface area (TPSA) is 61.8 Å². The van der Waals surface area contributed by atoms with Crippen molar-refractivity contribution in [1.29, 1.82) is 0 Å². The lowest BCUT2D eigenvalue weighted by Crippen LogP contribution is -2.36. The van der Waals surface area contributed by atoms with Gasteiger partial charge in [0.2, 0.25) is 0 Å². The van der Waals surface area contributed by atoms with Crippen LogP contribution in [-0.2, 0) is 6.61 Å². The molecule has 6 heteroatoms. The number of rotatable bonds is 4. The second-order valence-corrected chi connectivity index (χ2v) is 5.58. The monoisotopic (exact) mass is 334 g/mol. The number of nitrogens with zero attached hydrogens (tertiary/aromatic N) is 1. The van der Waals surface area contributed by atoms with E-state index in [4.69, 9.17) is 16.3 Å². The molecular weight excluding hydrogens is 316 g/mol. The van der Waals surface area contributed by atoms with Crippen molar-refractivity contribution in [1.82, 2.24) is 5.32 Å². The van der Waals surface area contributed by atoms with Gasteiger partial charge in [-0.2, -0.15) is 5.06 Å². The molecule has 0 spiro atoms. The predicted octanol–water partition coefficient (Wildman–Crippen LogP) is 4.07. The third-order valence-electron chi connectivity index (χ3n) is 3.40. The number of urea groups is 1. The molecule has 0 aliphatic carbocycles. The van der Waals surface area contributed by atoms with Crippen molar-refractivity contribution in [3.05, 3.63) is 58.1 Å². The molecule has 0 saturated carbocycles. The zero-order valence-corrected chi connectivity index (χ0v) is 14.0. The third-order valence-corrected chi connectivity index (χ3v) is 3.71. The first-order chi connectivity index (χ1) is 10.9. The van der Waals surface area contributed by atoms with Crippen molar-refractivity contribution in [3.8, 4) is 5.75 Å². The standard InChI is InChI=1S/C17H19ClN2O3/c1-11-7-8-15(12(2)9-11)23-10-13-5-4-6-14(18)16(13)20(22)17(21)19-3/h4-9,22H,10H2,1-3H3,(H,19,21). The van der Waals surface area contributed by atoms with Gasteiger partial charge in [-0.15, -0.1) is 0 Å². The van der Waals surface area contributed by atoms with Gasteiger partial charge in [0, 0.05) is 12.6 Å². The Hall–Kier alpha value is -2.24. The molecule has 0 aliphatic heterocycles. The summed E-state index contributed by atoms with van der Waals surface area (Å²) in [6.45, 7) is 4.15. The van der Waals surface area contributed by atoms with Gasteiger partial charge in [-0.1, -0.05) is 41.4 Å². The number of amides is 2. The number of para-hydroxylation sites is 1. The van der Waals surface area contributed by atoms with Crippen LogP contribution in [-0.4, -0.2) is 18.3 Å². The summed E-state index contributed by atoms with van der Waals surface area (Å²) in [4.78, 5) is 11.6. The number of benzene rings is 2. The molecule has 5 nitrogen and oxygen atoms in total. The number of hydrogen-bond donors (Lipinski definition) is 2. The lowest BCUT2D eigenvalue weighted by atomic mass is 10.1. The van der Waals surface area contributed by atoms with E-state index < -0.39 is 6.03 Å². The average molecular weight is 335 g/mol. The summed E-state index contributed by atoms with van der Waals surface area (Å²) in [5.41, 5.74) is 2.97. The quantitative estimate of drug-likeness (QED) is 0.654. The van der Waals surface area contributed by atoms with Crippen molar-refractivity contribution < 1.29 is 14.7 Å². The van der Waals surface area contributed by atoms with Gasteiger partial charge in [0.1, 0.15) is 12.4 Å². The summed E-state index contributed by atoms with van der Waals surface area (Å²) in [7, 11) is 1.42. The van der Waals surface area contributed by atoms with Crippen molar-refractivity contribution in [3.63, 3.8) is 0 Å². The summed E-state index contributed by atoms with van der Waals surface area (Å²) in [6.07, 6.45) is 0. The summed E-state index contributed by atoms with van der Waals surface area (Å²) < 4.78 is 5.81. The van der Waals surface area contributed by atoms with Crippen molar-refractivity contribution in [2.75, 3.05) is 12.1 Å². The van der Waals surface area contributed by atoms with Crippen LogP contribution in [0.3, 0.4) is 0 Å². The minimum absolute atomic E-state index is 0.174. The number of carbonyl (C=O) groups excluding carboxylic acids is 1. The summed E-state index contributed by atoms with van der Waals surface area (Å²) in [6, 6.07) is 10.3. The predicted molar refractivity (Wildman–Crippen MR) is 90.4 cm³/mol. The number of aryl methyl sites for hydroxylation is 2. The fourth-order valence-electron chi connectivity index (χ4n) is 2.24. The van der Waals surface area contributed by atoms with Crippen LogP contribution in [0.4, 0.5) is 10.5 Å². The molecule has 0 aliphatic rings. The van der Waals surface area contributed by atoms with E-state index >= 15 is 0 Å². The van der Waals surface area contributed by atoms with Crippen LogP contribution < -0.4 is 15.1 Å². The summed E-state index contributed by atoms with van der Waals surface area (Å²) in [5.74, 6) is 0.742. The largest absolute Gasteiger partial charge is 0.489 e. The highest BCUT2D eigenvalue weighted by atomic mass is 35.5. The number of hydroxylamine groups is 1. The van der Waals surface area contributed by atoms with Gasteiger partial charge < -0.3 is 10.1 Å². The normalized spacial score (nSPS) is 10.3. The Morgan fingerprint density at radius 1 is 1.30 bits per heavy atom. The number of nitrogens with one attached hydrogen (secondary N) is 1. The van der Waals surface area contributed by atoms with Crippen LogP contribution in [0.1, 0.15) is 16.7 Å². The maximum Gasteiger partial charge on any atom is 0.345 e. The van der Waals surface area contributed by atoms with Gasteiger partial charge in [0.25, 0.3) is 0 Å². The average Bonchev–Trinajstić information content (AvgIpc) is 2.52. The van der Waals surface area contributed by atoms with E-state index in [9.17, 15) is 10.0 Å². The molecule has 0 bridgehead atoms. The molecule has 2 aromatic rings. The minimum Gasteiger partial charge on any atom is -0.489 e. The minimum atomic E-state index is -0.675. The Bertz CT molecular complexity index is 719. The first kappa shape index (κ1) is 17.1. The smallest absolute Gasteiger partial charge is 0.345 e. The van der Waals surface area contributed by atoms with Gasteiger partial charge in [-0.3, -0.25) is 5.21 Å². The zero-order valence-electron chi connectivity index (χ0n) is 13.3. The first-order valence-corrected chi connectivity index (χ1v) is 7.50. The van der Waals surface area contributed by atoms with E-state index in [2.05, 4.69) is 5.32 Å². The van der Waals surface area contributed by atoms with E-state index in [0.717, 1.165) is 16.9 Å². The van der Waals surface area contributed by atoms with Crippen LogP contribution in [0.25, 0.3) is 0 Å². The Kier molecular flexibility index (Phi) is 5.47. The highest BCUT2D eigenvalue weighted by Crippen LogP contribution is 2.30. The second-order valence-electron chi connectivity index (χ2n) is 5.17. The van der Waals surface area contributed by atoms with Gasteiger partial charge >= 0.3 is 6.03 Å². The highest BCUT2D eigenvalue weighted by Gasteiger charge is 2.19. The molecule has 0 radical (unpaired) electrons. The SMILES string of the molecule is CNC(=O)N(O)c1c(Cl)cccc1COc1ccc(C)cc1C. The molecule has 2 aromatic carbocycles. The van der Waals surface area contributed by atoms with Crippen molar-refractivity contribution >= 4 is 23.3 Å². The van der Waals surface area contributed by atoms with E-state index in [0.29, 0.717) is 10.6 Å². The van der Waals surface area contributed by atoms with E-state index in [1.54, 1.807) is 18.2 Å². The summed E-state index contributed by atoms with van der Waals surface area (Å²) >= 11 is 6.12. The lowest BCUT2D eigenvalue weighted by molar-refractivity contribution is 0.205. The van der Waals surface area contributed by atoms with E-state index in [1.807, 2.05) is 32.0 Å². The molecule has 2 rings (SSSR count). The van der Waals surface area contributed by atoms with Gasteiger partial charge in [-0.25, -0.2) is 4.79 Å². The fraction of sp³-hybridized carbons (Fsp3) is 0.235. The van der Waals surface area contributed by atoms with Gasteiger partial charge in [0.15, 0.2) is 0 Å². The number of anilines is 1. The fourth-order valence-corrected chi connectivity index (χ4v) is 2.51. The Balaban J connectivity index is 2.26. The number of carbonyl (C=O) groups is 1. The van der Waals surface area contributed by atoms with E-state index in [1.165, 1.54) is 7.05 Å². The Morgan fingerprint density at radius 2 is 2.04 bits per heavy atom. The maximum atomic E-state index is 11.6. The molecule has 0 aromatic heterocycles. The number of halogens is 1. The van der Waals surface area contributed by atoms with Crippen molar-refractivity contribution in [2.24, 2.45) is 0 Å². The zero-order chi connectivity index (χ0) is 17.0. The molecule has 0 heterocycles. The molecule has 0 unspecified atom stereocenters. The number of hydrogen-bond acceptors (Lipinski definition) is 3. The molecular formula is C17H19ClN2O3. The van der Waals surface area contributed by atoms with Crippen molar-refractivity contribution in [2.45, 2.75) is 20.5 Å². The highest BCUT2D eigenvalue weighted by molar-refractivity contribution is 6.33. The van der Waals surface area contributed by atoms with Crippen LogP contribution in [0.15, 0.2) is 36.4 Å². The molecule has 23 heavy (non-hydrogen) atoms. The van der Waals surface area contributed by atoms with E-state index in [-0.39, 0.29) is 17.3 Å².